The van der Waals surface area contributed by atoms with Gasteiger partial charge in [0, 0.05) is 23.3 Å². The zero-order valence-electron chi connectivity index (χ0n) is 9.08. The third-order valence-electron chi connectivity index (χ3n) is 2.69. The first kappa shape index (κ1) is 9.66. The van der Waals surface area contributed by atoms with Crippen molar-refractivity contribution in [1.29, 1.82) is 0 Å². The quantitative estimate of drug-likeness (QED) is 0.833. The van der Waals surface area contributed by atoms with Gasteiger partial charge in [0.25, 0.3) is 0 Å². The summed E-state index contributed by atoms with van der Waals surface area (Å²) in [6, 6.07) is 6.42. The van der Waals surface area contributed by atoms with Crippen molar-refractivity contribution < 1.29 is 0 Å². The van der Waals surface area contributed by atoms with Crippen molar-refractivity contribution in [2.24, 2.45) is 0 Å². The Morgan fingerprint density at radius 3 is 3.19 bits per heavy atom. The Labute approximate surface area is 98.5 Å². The topological polar surface area (TPSA) is 37.0 Å². The molecule has 0 fully saturated rings. The Morgan fingerprint density at radius 1 is 1.44 bits per heavy atom. The van der Waals surface area contributed by atoms with Gasteiger partial charge in [0.2, 0.25) is 0 Å². The van der Waals surface area contributed by atoms with E-state index in [0.29, 0.717) is 0 Å². The van der Waals surface area contributed by atoms with E-state index < -0.39 is 0 Å². The molecule has 0 unspecified atom stereocenters. The Kier molecular flexibility index (Phi) is 2.29. The molecule has 1 aliphatic rings. The third-order valence-corrected chi connectivity index (χ3v) is 3.56. The zero-order valence-corrected chi connectivity index (χ0v) is 9.90. The summed E-state index contributed by atoms with van der Waals surface area (Å²) in [6.45, 7) is 3.06. The number of anilines is 3. The molecule has 2 aromatic rings. The van der Waals surface area contributed by atoms with Crippen LogP contribution < -0.4 is 10.6 Å². The number of aromatic nitrogens is 1. The Hall–Kier alpha value is -1.55. The van der Waals surface area contributed by atoms with E-state index in [1.807, 2.05) is 6.92 Å². The van der Waals surface area contributed by atoms with Crippen LogP contribution in [0, 0.1) is 6.92 Å². The van der Waals surface area contributed by atoms with E-state index in [-0.39, 0.29) is 0 Å². The normalized spacial score (nSPS) is 13.3. The third kappa shape index (κ3) is 1.76. The van der Waals surface area contributed by atoms with Crippen molar-refractivity contribution in [1.82, 2.24) is 4.98 Å². The van der Waals surface area contributed by atoms with Crippen LogP contribution in [0.3, 0.4) is 0 Å². The molecule has 0 spiro atoms. The lowest BCUT2D eigenvalue weighted by molar-refractivity contribution is 1.11. The molecule has 4 heteroatoms. The Balaban J connectivity index is 1.85. The van der Waals surface area contributed by atoms with Gasteiger partial charge in [-0.3, -0.25) is 0 Å². The lowest BCUT2D eigenvalue weighted by atomic mass is 10.1. The number of hydrogen-bond donors (Lipinski definition) is 2. The van der Waals surface area contributed by atoms with Crippen LogP contribution in [0.2, 0.25) is 0 Å². The molecule has 0 saturated heterocycles. The van der Waals surface area contributed by atoms with Gasteiger partial charge in [-0.2, -0.15) is 0 Å². The standard InChI is InChI=1S/C12H13N3S/c1-8-7-16-12(14-8)15-10-2-3-11-9(6-10)4-5-13-11/h2-3,6-7,13H,4-5H2,1H3,(H,14,15). The molecule has 1 aliphatic heterocycles. The van der Waals surface area contributed by atoms with Crippen molar-refractivity contribution in [3.63, 3.8) is 0 Å². The van der Waals surface area contributed by atoms with Gasteiger partial charge in [0.05, 0.1) is 5.69 Å². The molecule has 16 heavy (non-hydrogen) atoms. The lowest BCUT2D eigenvalue weighted by Crippen LogP contribution is -1.91. The summed E-state index contributed by atoms with van der Waals surface area (Å²) < 4.78 is 0. The predicted octanol–water partition coefficient (Wildman–Crippen LogP) is 3.16. The van der Waals surface area contributed by atoms with E-state index in [1.165, 1.54) is 11.3 Å². The largest absolute Gasteiger partial charge is 0.384 e. The zero-order chi connectivity index (χ0) is 11.0. The molecule has 2 N–H and O–H groups in total. The number of nitrogens with one attached hydrogen (secondary N) is 2. The predicted molar refractivity (Wildman–Crippen MR) is 68.8 cm³/mol. The van der Waals surface area contributed by atoms with Crippen molar-refractivity contribution in [2.45, 2.75) is 13.3 Å². The van der Waals surface area contributed by atoms with Crippen molar-refractivity contribution in [2.75, 3.05) is 17.2 Å². The number of aryl methyl sites for hydroxylation is 1. The molecule has 0 aliphatic carbocycles. The lowest BCUT2D eigenvalue weighted by Gasteiger charge is -2.05. The molecule has 82 valence electrons. The van der Waals surface area contributed by atoms with Gasteiger partial charge in [-0.15, -0.1) is 11.3 Å². The first-order valence-electron chi connectivity index (χ1n) is 5.37. The highest BCUT2D eigenvalue weighted by Crippen LogP contribution is 2.27. The SMILES string of the molecule is Cc1csc(Nc2ccc3c(c2)CCN3)n1. The maximum Gasteiger partial charge on any atom is 0.187 e. The first-order valence-corrected chi connectivity index (χ1v) is 6.25. The first-order chi connectivity index (χ1) is 7.81. The van der Waals surface area contributed by atoms with Gasteiger partial charge in [0.1, 0.15) is 0 Å². The summed E-state index contributed by atoms with van der Waals surface area (Å²) in [4.78, 5) is 4.39. The van der Waals surface area contributed by atoms with Crippen LogP contribution in [0.15, 0.2) is 23.6 Å². The van der Waals surface area contributed by atoms with Crippen LogP contribution in [0.5, 0.6) is 0 Å². The van der Waals surface area contributed by atoms with E-state index in [1.54, 1.807) is 11.3 Å². The summed E-state index contributed by atoms with van der Waals surface area (Å²) in [5.74, 6) is 0. The van der Waals surface area contributed by atoms with E-state index in [2.05, 4.69) is 39.2 Å². The molecular formula is C12H13N3S. The van der Waals surface area contributed by atoms with Crippen LogP contribution in [0.4, 0.5) is 16.5 Å². The molecule has 0 bridgehead atoms. The molecule has 3 rings (SSSR count). The Morgan fingerprint density at radius 2 is 2.38 bits per heavy atom. The molecule has 1 aromatic heterocycles. The molecule has 2 heterocycles. The van der Waals surface area contributed by atoms with Crippen LogP contribution in [0.1, 0.15) is 11.3 Å². The van der Waals surface area contributed by atoms with Gasteiger partial charge >= 0.3 is 0 Å². The fourth-order valence-corrected chi connectivity index (χ4v) is 2.63. The van der Waals surface area contributed by atoms with Crippen LogP contribution in [-0.4, -0.2) is 11.5 Å². The van der Waals surface area contributed by atoms with Gasteiger partial charge in [0.15, 0.2) is 5.13 Å². The summed E-state index contributed by atoms with van der Waals surface area (Å²) in [6.07, 6.45) is 1.11. The second-order valence-electron chi connectivity index (χ2n) is 3.97. The second-order valence-corrected chi connectivity index (χ2v) is 4.83. The molecule has 1 aromatic carbocycles. The van der Waals surface area contributed by atoms with Gasteiger partial charge in [-0.25, -0.2) is 4.98 Å². The van der Waals surface area contributed by atoms with E-state index in [4.69, 9.17) is 0 Å². The molecule has 3 nitrogen and oxygen atoms in total. The number of benzene rings is 1. The fraction of sp³-hybridized carbons (Fsp3) is 0.250. The molecule has 0 atom stereocenters. The highest BCUT2D eigenvalue weighted by atomic mass is 32.1. The smallest absolute Gasteiger partial charge is 0.187 e. The maximum absolute atomic E-state index is 4.39. The van der Waals surface area contributed by atoms with Gasteiger partial charge in [-0.1, -0.05) is 0 Å². The summed E-state index contributed by atoms with van der Waals surface area (Å²) in [7, 11) is 0. The van der Waals surface area contributed by atoms with E-state index in [0.717, 1.165) is 29.5 Å². The highest BCUT2D eigenvalue weighted by Gasteiger charge is 2.10. The Bertz CT molecular complexity index is 519. The number of fused-ring (bicyclic) bond motifs is 1. The highest BCUT2D eigenvalue weighted by molar-refractivity contribution is 7.13. The molecule has 0 saturated carbocycles. The number of rotatable bonds is 2. The van der Waals surface area contributed by atoms with Gasteiger partial charge < -0.3 is 10.6 Å². The van der Waals surface area contributed by atoms with Gasteiger partial charge in [-0.05, 0) is 37.1 Å². The van der Waals surface area contributed by atoms with E-state index in [9.17, 15) is 0 Å². The average molecular weight is 231 g/mol. The average Bonchev–Trinajstić information content (AvgIpc) is 2.87. The summed E-state index contributed by atoms with van der Waals surface area (Å²) in [5, 5.41) is 9.70. The van der Waals surface area contributed by atoms with Crippen molar-refractivity contribution in [3.8, 4) is 0 Å². The summed E-state index contributed by atoms with van der Waals surface area (Å²) >= 11 is 1.64. The number of thiazole rings is 1. The second kappa shape index (κ2) is 3.79. The van der Waals surface area contributed by atoms with E-state index >= 15 is 0 Å². The minimum Gasteiger partial charge on any atom is -0.384 e. The molecular weight excluding hydrogens is 218 g/mol. The molecule has 0 radical (unpaired) electrons. The maximum atomic E-state index is 4.39. The van der Waals surface area contributed by atoms with Crippen LogP contribution in [-0.2, 0) is 6.42 Å². The minimum atomic E-state index is 0.961. The molecule has 0 amide bonds. The van der Waals surface area contributed by atoms with Crippen molar-refractivity contribution >= 4 is 27.8 Å². The monoisotopic (exact) mass is 231 g/mol. The van der Waals surface area contributed by atoms with Crippen LogP contribution in [0.25, 0.3) is 0 Å². The number of nitrogens with zero attached hydrogens (tertiary/aromatic N) is 1. The number of hydrogen-bond acceptors (Lipinski definition) is 4. The fourth-order valence-electron chi connectivity index (χ4n) is 1.92. The summed E-state index contributed by atoms with van der Waals surface area (Å²) in [5.41, 5.74) is 4.84. The van der Waals surface area contributed by atoms with Crippen molar-refractivity contribution in [3.05, 3.63) is 34.8 Å². The van der Waals surface area contributed by atoms with Crippen LogP contribution >= 0.6 is 11.3 Å². The minimum absolute atomic E-state index is 0.961.